The Labute approximate surface area is 125 Å². The summed E-state index contributed by atoms with van der Waals surface area (Å²) in [7, 11) is 0. The van der Waals surface area contributed by atoms with Crippen molar-refractivity contribution in [1.29, 1.82) is 0 Å². The van der Waals surface area contributed by atoms with Gasteiger partial charge >= 0.3 is 5.69 Å². The summed E-state index contributed by atoms with van der Waals surface area (Å²) in [5, 5.41) is 21.4. The van der Waals surface area contributed by atoms with E-state index < -0.39 is 4.92 Å². The largest absolute Gasteiger partial charge is 0.487 e. The summed E-state index contributed by atoms with van der Waals surface area (Å²) in [4.78, 5) is 14.9. The van der Waals surface area contributed by atoms with Gasteiger partial charge < -0.3 is 9.94 Å². The molecule has 1 heterocycles. The van der Waals surface area contributed by atoms with Crippen LogP contribution in [0.1, 0.15) is 6.92 Å². The van der Waals surface area contributed by atoms with Gasteiger partial charge in [0.05, 0.1) is 17.0 Å². The SMILES string of the molecule is CCOc1cc2nc(-c3ccccc3)n(O)c2cc1[N+](=O)[O-]. The van der Waals surface area contributed by atoms with E-state index in [-0.39, 0.29) is 17.0 Å². The molecule has 3 rings (SSSR count). The van der Waals surface area contributed by atoms with Crippen LogP contribution >= 0.6 is 0 Å². The van der Waals surface area contributed by atoms with E-state index in [1.165, 1.54) is 12.1 Å². The average molecular weight is 299 g/mol. The van der Waals surface area contributed by atoms with Crippen molar-refractivity contribution < 1.29 is 14.9 Å². The van der Waals surface area contributed by atoms with Gasteiger partial charge in [0.1, 0.15) is 5.52 Å². The number of nitro groups is 1. The molecule has 0 atom stereocenters. The Balaban J connectivity index is 2.24. The highest BCUT2D eigenvalue weighted by Gasteiger charge is 2.21. The van der Waals surface area contributed by atoms with Crippen LogP contribution in [-0.4, -0.2) is 26.5 Å². The molecule has 0 aliphatic carbocycles. The molecule has 0 aliphatic heterocycles. The highest BCUT2D eigenvalue weighted by Crippen LogP contribution is 2.33. The highest BCUT2D eigenvalue weighted by atomic mass is 16.6. The van der Waals surface area contributed by atoms with Gasteiger partial charge in [-0.05, 0) is 6.92 Å². The predicted octanol–water partition coefficient (Wildman–Crippen LogP) is 3.25. The van der Waals surface area contributed by atoms with Gasteiger partial charge in [0.15, 0.2) is 11.6 Å². The van der Waals surface area contributed by atoms with Gasteiger partial charge in [-0.3, -0.25) is 10.1 Å². The number of aromatic nitrogens is 2. The highest BCUT2D eigenvalue weighted by molar-refractivity contribution is 5.84. The summed E-state index contributed by atoms with van der Waals surface area (Å²) in [5.74, 6) is 0.455. The molecule has 3 aromatic rings. The van der Waals surface area contributed by atoms with Crippen molar-refractivity contribution in [2.45, 2.75) is 6.92 Å². The van der Waals surface area contributed by atoms with Crippen molar-refractivity contribution in [3.05, 3.63) is 52.6 Å². The lowest BCUT2D eigenvalue weighted by Gasteiger charge is -2.04. The number of ether oxygens (including phenoxy) is 1. The molecule has 22 heavy (non-hydrogen) atoms. The van der Waals surface area contributed by atoms with Crippen LogP contribution in [0.5, 0.6) is 5.75 Å². The Morgan fingerprint density at radius 1 is 1.32 bits per heavy atom. The maximum Gasteiger partial charge on any atom is 0.313 e. The summed E-state index contributed by atoms with van der Waals surface area (Å²) < 4.78 is 6.14. The topological polar surface area (TPSA) is 90.4 Å². The maximum atomic E-state index is 11.1. The van der Waals surface area contributed by atoms with E-state index >= 15 is 0 Å². The number of imidazole rings is 1. The molecule has 0 aliphatic rings. The van der Waals surface area contributed by atoms with Crippen LogP contribution in [0.4, 0.5) is 5.69 Å². The van der Waals surface area contributed by atoms with Crippen LogP contribution in [0, 0.1) is 10.1 Å². The fourth-order valence-electron chi connectivity index (χ4n) is 2.27. The van der Waals surface area contributed by atoms with E-state index in [1.807, 2.05) is 18.2 Å². The van der Waals surface area contributed by atoms with Crippen molar-refractivity contribution in [3.63, 3.8) is 0 Å². The molecule has 0 spiro atoms. The molecule has 0 saturated carbocycles. The van der Waals surface area contributed by atoms with E-state index in [4.69, 9.17) is 4.74 Å². The lowest BCUT2D eigenvalue weighted by Crippen LogP contribution is -1.98. The normalized spacial score (nSPS) is 10.8. The number of benzene rings is 2. The molecule has 2 aromatic carbocycles. The number of hydrogen-bond acceptors (Lipinski definition) is 5. The maximum absolute atomic E-state index is 11.1. The van der Waals surface area contributed by atoms with Crippen LogP contribution < -0.4 is 4.74 Å². The monoisotopic (exact) mass is 299 g/mol. The van der Waals surface area contributed by atoms with E-state index in [9.17, 15) is 15.3 Å². The van der Waals surface area contributed by atoms with E-state index in [0.29, 0.717) is 23.5 Å². The number of rotatable bonds is 4. The summed E-state index contributed by atoms with van der Waals surface area (Å²) >= 11 is 0. The third kappa shape index (κ3) is 2.22. The zero-order valence-electron chi connectivity index (χ0n) is 11.8. The number of hydrogen-bond donors (Lipinski definition) is 1. The first-order valence-corrected chi connectivity index (χ1v) is 6.70. The van der Waals surface area contributed by atoms with Gasteiger partial charge in [0.25, 0.3) is 0 Å². The molecule has 7 nitrogen and oxygen atoms in total. The first kappa shape index (κ1) is 13.9. The second-order valence-electron chi connectivity index (χ2n) is 4.61. The molecule has 0 unspecified atom stereocenters. The molecule has 1 N–H and O–H groups in total. The molecule has 112 valence electrons. The second-order valence-corrected chi connectivity index (χ2v) is 4.61. The van der Waals surface area contributed by atoms with Gasteiger partial charge in [-0.1, -0.05) is 30.3 Å². The summed E-state index contributed by atoms with van der Waals surface area (Å²) in [6.45, 7) is 2.05. The van der Waals surface area contributed by atoms with Crippen LogP contribution in [0.3, 0.4) is 0 Å². The van der Waals surface area contributed by atoms with Crippen LogP contribution in [0.2, 0.25) is 0 Å². The van der Waals surface area contributed by atoms with E-state index in [2.05, 4.69) is 4.98 Å². The van der Waals surface area contributed by atoms with Crippen LogP contribution in [-0.2, 0) is 0 Å². The molecular formula is C15H13N3O4. The summed E-state index contributed by atoms with van der Waals surface area (Å²) in [5.41, 5.74) is 1.19. The number of fused-ring (bicyclic) bond motifs is 1. The molecule has 0 bridgehead atoms. The average Bonchev–Trinajstić information content (AvgIpc) is 2.84. The third-order valence-corrected chi connectivity index (χ3v) is 3.24. The van der Waals surface area contributed by atoms with E-state index in [1.54, 1.807) is 19.1 Å². The van der Waals surface area contributed by atoms with Crippen LogP contribution in [0.15, 0.2) is 42.5 Å². The molecule has 0 fully saturated rings. The van der Waals surface area contributed by atoms with Crippen LogP contribution in [0.25, 0.3) is 22.4 Å². The minimum atomic E-state index is -0.542. The smallest absolute Gasteiger partial charge is 0.313 e. The third-order valence-electron chi connectivity index (χ3n) is 3.24. The van der Waals surface area contributed by atoms with Gasteiger partial charge in [-0.25, -0.2) is 4.98 Å². The number of nitrogens with zero attached hydrogens (tertiary/aromatic N) is 3. The van der Waals surface area contributed by atoms with Crippen molar-refractivity contribution in [3.8, 4) is 17.1 Å². The molecular weight excluding hydrogens is 286 g/mol. The van der Waals surface area contributed by atoms with Gasteiger partial charge in [0, 0.05) is 17.7 Å². The second kappa shape index (κ2) is 5.36. The predicted molar refractivity (Wildman–Crippen MR) is 80.2 cm³/mol. The quantitative estimate of drug-likeness (QED) is 0.453. The minimum Gasteiger partial charge on any atom is -0.487 e. The fraction of sp³-hybridized carbons (Fsp3) is 0.133. The van der Waals surface area contributed by atoms with Crippen molar-refractivity contribution in [1.82, 2.24) is 9.71 Å². The van der Waals surface area contributed by atoms with Crippen molar-refractivity contribution in [2.75, 3.05) is 6.61 Å². The number of nitro benzene ring substituents is 1. The molecule has 1 aromatic heterocycles. The lowest BCUT2D eigenvalue weighted by atomic mass is 10.2. The Morgan fingerprint density at radius 3 is 2.68 bits per heavy atom. The Kier molecular flexibility index (Phi) is 3.38. The van der Waals surface area contributed by atoms with Gasteiger partial charge in [-0.2, -0.15) is 4.73 Å². The Hall–Kier alpha value is -3.09. The minimum absolute atomic E-state index is 0.137. The summed E-state index contributed by atoms with van der Waals surface area (Å²) in [6, 6.07) is 11.8. The van der Waals surface area contributed by atoms with Gasteiger partial charge in [0.2, 0.25) is 0 Å². The Bertz CT molecular complexity index is 843. The van der Waals surface area contributed by atoms with Gasteiger partial charge in [-0.15, -0.1) is 0 Å². The first-order chi connectivity index (χ1) is 10.6. The molecule has 0 radical (unpaired) electrons. The standard InChI is InChI=1S/C15H13N3O4/c1-2-22-14-8-11-12(9-13(14)18(20)21)17(19)15(16-11)10-6-4-3-5-7-10/h3-9,19H,2H2,1H3. The zero-order valence-corrected chi connectivity index (χ0v) is 11.8. The van der Waals surface area contributed by atoms with E-state index in [0.717, 1.165) is 4.73 Å². The molecule has 0 saturated heterocycles. The van der Waals surface area contributed by atoms with Crippen molar-refractivity contribution >= 4 is 16.7 Å². The Morgan fingerprint density at radius 2 is 2.05 bits per heavy atom. The first-order valence-electron chi connectivity index (χ1n) is 6.70. The zero-order chi connectivity index (χ0) is 15.7. The van der Waals surface area contributed by atoms with Crippen molar-refractivity contribution in [2.24, 2.45) is 0 Å². The molecule has 7 heteroatoms. The lowest BCUT2D eigenvalue weighted by molar-refractivity contribution is -0.385. The summed E-state index contributed by atoms with van der Waals surface area (Å²) in [6.07, 6.45) is 0. The fourth-order valence-corrected chi connectivity index (χ4v) is 2.27. The molecule has 0 amide bonds.